The zero-order chi connectivity index (χ0) is 14.1. The Labute approximate surface area is 112 Å². The number of rotatable bonds is 2. The van der Waals surface area contributed by atoms with E-state index in [1.54, 1.807) is 30.5 Å². The molecule has 0 bridgehead atoms. The number of nitrogens with one attached hydrogen (secondary N) is 1. The predicted molar refractivity (Wildman–Crippen MR) is 72.5 cm³/mol. The molecule has 3 aromatic heterocycles. The maximum atomic E-state index is 11.9. The van der Waals surface area contributed by atoms with Crippen molar-refractivity contribution in [2.45, 2.75) is 0 Å². The summed E-state index contributed by atoms with van der Waals surface area (Å²) in [4.78, 5) is 27.6. The lowest BCUT2D eigenvalue weighted by atomic mass is 10.3. The normalized spacial score (nSPS) is 10.6. The number of anilines is 2. The third-order valence-electron chi connectivity index (χ3n) is 2.77. The van der Waals surface area contributed by atoms with Crippen LogP contribution < -0.4 is 16.6 Å². The molecule has 0 aliphatic carbocycles. The topological polar surface area (TPSA) is 103 Å². The summed E-state index contributed by atoms with van der Waals surface area (Å²) in [5.41, 5.74) is 5.63. The van der Waals surface area contributed by atoms with Gasteiger partial charge in [-0.05, 0) is 24.3 Å². The number of amides is 1. The predicted octanol–water partition coefficient (Wildman–Crippen LogP) is 1.12. The smallest absolute Gasteiger partial charge is 0.299 e. The Morgan fingerprint density at radius 2 is 2.15 bits per heavy atom. The number of nitrogens with two attached hydrogens (primary N) is 1. The van der Waals surface area contributed by atoms with Gasteiger partial charge in [-0.15, -0.1) is 0 Å². The van der Waals surface area contributed by atoms with Crippen molar-refractivity contribution in [2.24, 2.45) is 0 Å². The van der Waals surface area contributed by atoms with Crippen LogP contribution in [0.4, 0.5) is 11.5 Å². The number of nitrogens with zero attached hydrogens (tertiary/aromatic N) is 2. The fourth-order valence-corrected chi connectivity index (χ4v) is 1.82. The van der Waals surface area contributed by atoms with E-state index < -0.39 is 11.5 Å². The molecule has 0 saturated heterocycles. The Bertz CT molecular complexity index is 836. The Kier molecular flexibility index (Phi) is 2.72. The molecular weight excluding hydrogens is 260 g/mol. The van der Waals surface area contributed by atoms with Crippen LogP contribution in [0, 0.1) is 0 Å². The van der Waals surface area contributed by atoms with Crippen LogP contribution in [0.1, 0.15) is 10.6 Å². The summed E-state index contributed by atoms with van der Waals surface area (Å²) in [6.07, 6.45) is 3.02. The molecule has 3 N–H and O–H groups in total. The summed E-state index contributed by atoms with van der Waals surface area (Å²) in [7, 11) is 0. The average Bonchev–Trinajstić information content (AvgIpc) is 2.97. The Balaban J connectivity index is 2.08. The Morgan fingerprint density at radius 3 is 2.90 bits per heavy atom. The van der Waals surface area contributed by atoms with E-state index in [2.05, 4.69) is 10.3 Å². The van der Waals surface area contributed by atoms with E-state index in [1.165, 1.54) is 16.7 Å². The second-order valence-corrected chi connectivity index (χ2v) is 4.04. The average molecular weight is 270 g/mol. The number of pyridine rings is 1. The van der Waals surface area contributed by atoms with Gasteiger partial charge in [-0.25, -0.2) is 0 Å². The fraction of sp³-hybridized carbons (Fsp3) is 0. The van der Waals surface area contributed by atoms with Gasteiger partial charge in [0.05, 0.1) is 6.26 Å². The van der Waals surface area contributed by atoms with Gasteiger partial charge in [0.25, 0.3) is 11.5 Å². The van der Waals surface area contributed by atoms with Crippen molar-refractivity contribution in [1.82, 2.24) is 9.38 Å². The highest BCUT2D eigenvalue weighted by atomic mass is 16.3. The molecule has 3 rings (SSSR count). The molecule has 20 heavy (non-hydrogen) atoms. The first-order chi connectivity index (χ1) is 9.66. The highest BCUT2D eigenvalue weighted by molar-refractivity contribution is 6.03. The number of hydrogen-bond acceptors (Lipinski definition) is 5. The van der Waals surface area contributed by atoms with E-state index in [-0.39, 0.29) is 17.3 Å². The van der Waals surface area contributed by atoms with Gasteiger partial charge in [0.1, 0.15) is 11.5 Å². The zero-order valence-electron chi connectivity index (χ0n) is 10.2. The number of furan rings is 1. The van der Waals surface area contributed by atoms with Crippen LogP contribution in [0.5, 0.6) is 0 Å². The zero-order valence-corrected chi connectivity index (χ0v) is 10.2. The summed E-state index contributed by atoms with van der Waals surface area (Å²) in [6, 6.07) is 8.19. The number of nitrogen functional groups attached to an aromatic ring is 1. The van der Waals surface area contributed by atoms with Gasteiger partial charge in [0.15, 0.2) is 11.4 Å². The van der Waals surface area contributed by atoms with Gasteiger partial charge < -0.3 is 15.5 Å². The van der Waals surface area contributed by atoms with Crippen molar-refractivity contribution in [2.75, 3.05) is 11.1 Å². The lowest BCUT2D eigenvalue weighted by Crippen LogP contribution is -2.23. The molecule has 3 heterocycles. The first kappa shape index (κ1) is 12.0. The minimum Gasteiger partial charge on any atom is -0.459 e. The summed E-state index contributed by atoms with van der Waals surface area (Å²) in [5, 5.41) is 2.42. The molecule has 0 aromatic carbocycles. The van der Waals surface area contributed by atoms with E-state index >= 15 is 0 Å². The van der Waals surface area contributed by atoms with Gasteiger partial charge in [-0.2, -0.15) is 4.98 Å². The first-order valence-corrected chi connectivity index (χ1v) is 5.78. The van der Waals surface area contributed by atoms with Crippen molar-refractivity contribution < 1.29 is 9.21 Å². The number of carbonyl (C=O) groups excluding carboxylic acids is 1. The molecular formula is C13H10N4O3. The summed E-state index contributed by atoms with van der Waals surface area (Å²) in [5.74, 6) is -0.362. The number of carbonyl (C=O) groups is 1. The quantitative estimate of drug-likeness (QED) is 0.726. The SMILES string of the molecule is Nc1c(NC(=O)c2ccco2)c(=O)nc2ccccn12. The van der Waals surface area contributed by atoms with Crippen LogP contribution in [-0.4, -0.2) is 15.3 Å². The maximum absolute atomic E-state index is 11.9. The molecule has 100 valence electrons. The molecule has 0 aliphatic rings. The third-order valence-corrected chi connectivity index (χ3v) is 2.77. The molecule has 7 nitrogen and oxygen atoms in total. The minimum atomic E-state index is -0.603. The maximum Gasteiger partial charge on any atom is 0.299 e. The molecule has 0 radical (unpaired) electrons. The van der Waals surface area contributed by atoms with Gasteiger partial charge in [-0.3, -0.25) is 14.0 Å². The molecule has 0 fully saturated rings. The van der Waals surface area contributed by atoms with Gasteiger partial charge in [-0.1, -0.05) is 6.07 Å². The van der Waals surface area contributed by atoms with E-state index in [1.807, 2.05) is 0 Å². The number of aromatic nitrogens is 2. The van der Waals surface area contributed by atoms with Crippen molar-refractivity contribution in [3.05, 3.63) is 58.9 Å². The minimum absolute atomic E-state index is 0.0740. The van der Waals surface area contributed by atoms with Gasteiger partial charge >= 0.3 is 0 Å². The van der Waals surface area contributed by atoms with Crippen LogP contribution >= 0.6 is 0 Å². The molecule has 0 spiro atoms. The molecule has 0 saturated carbocycles. The molecule has 0 atom stereocenters. The molecule has 0 unspecified atom stereocenters. The number of hydrogen-bond donors (Lipinski definition) is 2. The van der Waals surface area contributed by atoms with Crippen LogP contribution in [0.15, 0.2) is 52.0 Å². The lowest BCUT2D eigenvalue weighted by Gasteiger charge is -2.09. The highest BCUT2D eigenvalue weighted by Crippen LogP contribution is 2.15. The van der Waals surface area contributed by atoms with Crippen LogP contribution in [0.25, 0.3) is 5.65 Å². The summed E-state index contributed by atoms with van der Waals surface area (Å²) < 4.78 is 6.47. The second kappa shape index (κ2) is 4.54. The van der Waals surface area contributed by atoms with Crippen LogP contribution in [-0.2, 0) is 0 Å². The van der Waals surface area contributed by atoms with E-state index in [9.17, 15) is 9.59 Å². The van der Waals surface area contributed by atoms with Crippen LogP contribution in [0.3, 0.4) is 0 Å². The van der Waals surface area contributed by atoms with Crippen molar-refractivity contribution in [3.63, 3.8) is 0 Å². The Hall–Kier alpha value is -3.09. The first-order valence-electron chi connectivity index (χ1n) is 5.78. The van der Waals surface area contributed by atoms with Crippen molar-refractivity contribution in [1.29, 1.82) is 0 Å². The second-order valence-electron chi connectivity index (χ2n) is 4.04. The molecule has 7 heteroatoms. The summed E-state index contributed by atoms with van der Waals surface area (Å²) in [6.45, 7) is 0. The fourth-order valence-electron chi connectivity index (χ4n) is 1.82. The third kappa shape index (κ3) is 1.91. The Morgan fingerprint density at radius 1 is 1.30 bits per heavy atom. The molecule has 0 aliphatic heterocycles. The molecule has 1 amide bonds. The van der Waals surface area contributed by atoms with E-state index in [0.29, 0.717) is 5.65 Å². The number of fused-ring (bicyclic) bond motifs is 1. The largest absolute Gasteiger partial charge is 0.459 e. The highest BCUT2D eigenvalue weighted by Gasteiger charge is 2.15. The van der Waals surface area contributed by atoms with Crippen molar-refractivity contribution in [3.8, 4) is 0 Å². The van der Waals surface area contributed by atoms with E-state index in [4.69, 9.17) is 10.2 Å². The van der Waals surface area contributed by atoms with E-state index in [0.717, 1.165) is 0 Å². The van der Waals surface area contributed by atoms with Crippen LogP contribution in [0.2, 0.25) is 0 Å². The monoisotopic (exact) mass is 270 g/mol. The van der Waals surface area contributed by atoms with Crippen molar-refractivity contribution >= 4 is 23.1 Å². The lowest BCUT2D eigenvalue weighted by molar-refractivity contribution is 0.0996. The standard InChI is InChI=1S/C13H10N4O3/c14-11-10(16-12(18)8-4-3-7-20-8)13(19)15-9-5-1-2-6-17(9)11/h1-7H,14H2,(H,16,18). The molecule has 3 aromatic rings. The summed E-state index contributed by atoms with van der Waals surface area (Å²) >= 11 is 0. The van der Waals surface area contributed by atoms with Gasteiger partial charge in [0, 0.05) is 6.20 Å². The van der Waals surface area contributed by atoms with Gasteiger partial charge in [0.2, 0.25) is 0 Å².